The number of carbonyl (C=O) groups excluding carboxylic acids is 1. The third-order valence-corrected chi connectivity index (χ3v) is 4.95. The second kappa shape index (κ2) is 8.97. The zero-order chi connectivity index (χ0) is 21.0. The fourth-order valence-corrected chi connectivity index (χ4v) is 3.60. The number of fused-ring (bicyclic) bond motifs is 1. The van der Waals surface area contributed by atoms with Crippen LogP contribution in [0.2, 0.25) is 0 Å². The maximum absolute atomic E-state index is 12.6. The summed E-state index contributed by atoms with van der Waals surface area (Å²) in [6, 6.07) is 13.4. The van der Waals surface area contributed by atoms with E-state index in [0.717, 1.165) is 18.6 Å². The average Bonchev–Trinajstić information content (AvgIpc) is 3.08. The van der Waals surface area contributed by atoms with Crippen LogP contribution in [0.25, 0.3) is 0 Å². The number of hydrogen-bond donors (Lipinski definition) is 0. The molecule has 29 heavy (non-hydrogen) atoms. The molecular formula is C24H31NO4. The first kappa shape index (κ1) is 21.3. The summed E-state index contributed by atoms with van der Waals surface area (Å²) in [5.41, 5.74) is 2.80. The number of carbonyl (C=O) groups is 1. The highest BCUT2D eigenvalue weighted by molar-refractivity contribution is 5.94. The Morgan fingerprint density at radius 3 is 2.66 bits per heavy atom. The van der Waals surface area contributed by atoms with Crippen molar-refractivity contribution in [2.45, 2.75) is 45.3 Å². The van der Waals surface area contributed by atoms with Gasteiger partial charge in [0.15, 0.2) is 0 Å². The van der Waals surface area contributed by atoms with E-state index in [-0.39, 0.29) is 17.6 Å². The standard InChI is InChI=1S/C24H31NO4/c1-24(2,3)29-22-13-12-20-19(22)10-7-11-21(20)28-18-9-6-8-17(16-18)23(26)25(4)14-15-27-5/h6-11,16,22H,12-15H2,1-5H3/t22-/m1/s1. The van der Waals surface area contributed by atoms with E-state index < -0.39 is 0 Å². The maximum atomic E-state index is 12.6. The Morgan fingerprint density at radius 1 is 1.17 bits per heavy atom. The smallest absolute Gasteiger partial charge is 0.253 e. The van der Waals surface area contributed by atoms with Crippen molar-refractivity contribution < 1.29 is 19.0 Å². The lowest BCUT2D eigenvalue weighted by molar-refractivity contribution is -0.0605. The van der Waals surface area contributed by atoms with Crippen LogP contribution >= 0.6 is 0 Å². The lowest BCUT2D eigenvalue weighted by Gasteiger charge is -2.25. The van der Waals surface area contributed by atoms with Crippen LogP contribution in [-0.2, 0) is 15.9 Å². The molecule has 0 radical (unpaired) electrons. The predicted octanol–water partition coefficient (Wildman–Crippen LogP) is 5.00. The zero-order valence-electron chi connectivity index (χ0n) is 18.0. The molecule has 0 saturated carbocycles. The van der Waals surface area contributed by atoms with Gasteiger partial charge in [-0.25, -0.2) is 0 Å². The molecule has 5 nitrogen and oxygen atoms in total. The number of ether oxygens (including phenoxy) is 3. The van der Waals surface area contributed by atoms with E-state index in [1.807, 2.05) is 24.3 Å². The largest absolute Gasteiger partial charge is 0.457 e. The van der Waals surface area contributed by atoms with Gasteiger partial charge in [-0.3, -0.25) is 4.79 Å². The van der Waals surface area contributed by atoms with Gasteiger partial charge in [-0.1, -0.05) is 18.2 Å². The first-order chi connectivity index (χ1) is 13.8. The van der Waals surface area contributed by atoms with E-state index >= 15 is 0 Å². The highest BCUT2D eigenvalue weighted by Crippen LogP contribution is 2.42. The number of amides is 1. The molecule has 0 fully saturated rings. The summed E-state index contributed by atoms with van der Waals surface area (Å²) < 4.78 is 17.5. The third kappa shape index (κ3) is 5.37. The molecule has 0 aromatic heterocycles. The van der Waals surface area contributed by atoms with E-state index in [0.29, 0.717) is 24.5 Å². The van der Waals surface area contributed by atoms with Crippen LogP contribution in [-0.4, -0.2) is 43.7 Å². The number of likely N-dealkylation sites (N-methyl/N-ethyl adjacent to an activating group) is 1. The molecule has 0 spiro atoms. The number of hydrogen-bond acceptors (Lipinski definition) is 4. The van der Waals surface area contributed by atoms with Crippen molar-refractivity contribution in [2.75, 3.05) is 27.3 Å². The van der Waals surface area contributed by atoms with Gasteiger partial charge in [0.2, 0.25) is 0 Å². The minimum absolute atomic E-state index is 0.0515. The summed E-state index contributed by atoms with van der Waals surface area (Å²) in [7, 11) is 3.40. The van der Waals surface area contributed by atoms with Crippen molar-refractivity contribution in [1.82, 2.24) is 4.90 Å². The van der Waals surface area contributed by atoms with Crippen molar-refractivity contribution in [2.24, 2.45) is 0 Å². The van der Waals surface area contributed by atoms with Crippen molar-refractivity contribution in [1.29, 1.82) is 0 Å². The number of methoxy groups -OCH3 is 1. The lowest BCUT2D eigenvalue weighted by Crippen LogP contribution is -2.29. The maximum Gasteiger partial charge on any atom is 0.253 e. The molecule has 0 unspecified atom stereocenters. The van der Waals surface area contributed by atoms with E-state index in [9.17, 15) is 4.79 Å². The predicted molar refractivity (Wildman–Crippen MR) is 114 cm³/mol. The molecule has 0 aliphatic heterocycles. The summed E-state index contributed by atoms with van der Waals surface area (Å²) in [5.74, 6) is 1.44. The number of nitrogens with zero attached hydrogens (tertiary/aromatic N) is 1. The summed E-state index contributed by atoms with van der Waals surface area (Å²) >= 11 is 0. The Hall–Kier alpha value is -2.37. The number of rotatable bonds is 7. The highest BCUT2D eigenvalue weighted by Gasteiger charge is 2.29. The van der Waals surface area contributed by atoms with Crippen LogP contribution in [0.5, 0.6) is 11.5 Å². The van der Waals surface area contributed by atoms with E-state index in [1.54, 1.807) is 31.2 Å². The fraction of sp³-hybridized carbons (Fsp3) is 0.458. The topological polar surface area (TPSA) is 48.0 Å². The van der Waals surface area contributed by atoms with E-state index in [4.69, 9.17) is 14.2 Å². The third-order valence-electron chi connectivity index (χ3n) is 4.95. The lowest BCUT2D eigenvalue weighted by atomic mass is 10.1. The monoisotopic (exact) mass is 397 g/mol. The molecule has 156 valence electrons. The molecule has 2 aromatic rings. The summed E-state index contributed by atoms with van der Waals surface area (Å²) in [4.78, 5) is 14.3. The summed E-state index contributed by atoms with van der Waals surface area (Å²) in [5, 5.41) is 0. The Bertz CT molecular complexity index is 856. The molecular weight excluding hydrogens is 366 g/mol. The van der Waals surface area contributed by atoms with E-state index in [1.165, 1.54) is 11.1 Å². The van der Waals surface area contributed by atoms with Crippen LogP contribution < -0.4 is 4.74 Å². The first-order valence-electron chi connectivity index (χ1n) is 10.1. The second-order valence-corrected chi connectivity index (χ2v) is 8.43. The first-order valence-corrected chi connectivity index (χ1v) is 10.1. The molecule has 1 amide bonds. The summed E-state index contributed by atoms with van der Waals surface area (Å²) in [6.07, 6.45) is 1.97. The van der Waals surface area contributed by atoms with E-state index in [2.05, 4.69) is 26.8 Å². The van der Waals surface area contributed by atoms with Gasteiger partial charge in [-0.05, 0) is 63.4 Å². The highest BCUT2D eigenvalue weighted by atomic mass is 16.5. The fourth-order valence-electron chi connectivity index (χ4n) is 3.60. The van der Waals surface area contributed by atoms with Gasteiger partial charge in [0, 0.05) is 31.8 Å². The molecule has 1 atom stereocenters. The molecule has 0 bridgehead atoms. The Labute approximate surface area is 173 Å². The number of benzene rings is 2. The SMILES string of the molecule is COCCN(C)C(=O)c1cccc(Oc2cccc3c2CC[C@H]3OC(C)(C)C)c1. The normalized spacial score (nSPS) is 15.8. The molecule has 2 aromatic carbocycles. The molecule has 5 heteroatoms. The van der Waals surface area contributed by atoms with Gasteiger partial charge >= 0.3 is 0 Å². The zero-order valence-corrected chi connectivity index (χ0v) is 18.0. The quantitative estimate of drug-likeness (QED) is 0.660. The average molecular weight is 398 g/mol. The van der Waals surface area contributed by atoms with Crippen LogP contribution in [0, 0.1) is 0 Å². The van der Waals surface area contributed by atoms with Crippen LogP contribution in [0.1, 0.15) is 54.8 Å². The second-order valence-electron chi connectivity index (χ2n) is 8.43. The molecule has 3 rings (SSSR count). The van der Waals surface area contributed by atoms with Crippen molar-refractivity contribution in [3.05, 3.63) is 59.2 Å². The van der Waals surface area contributed by atoms with Crippen molar-refractivity contribution >= 4 is 5.91 Å². The molecule has 0 saturated heterocycles. The van der Waals surface area contributed by atoms with Gasteiger partial charge in [0.25, 0.3) is 5.91 Å². The van der Waals surface area contributed by atoms with Crippen molar-refractivity contribution in [3.8, 4) is 11.5 Å². The van der Waals surface area contributed by atoms with Gasteiger partial charge in [-0.2, -0.15) is 0 Å². The summed E-state index contributed by atoms with van der Waals surface area (Å²) in [6.45, 7) is 7.29. The van der Waals surface area contributed by atoms with Crippen LogP contribution in [0.15, 0.2) is 42.5 Å². The minimum atomic E-state index is -0.188. The minimum Gasteiger partial charge on any atom is -0.457 e. The van der Waals surface area contributed by atoms with Crippen LogP contribution in [0.4, 0.5) is 0 Å². The van der Waals surface area contributed by atoms with Gasteiger partial charge in [0.1, 0.15) is 11.5 Å². The van der Waals surface area contributed by atoms with Crippen molar-refractivity contribution in [3.63, 3.8) is 0 Å². The molecule has 0 heterocycles. The van der Waals surface area contributed by atoms with Gasteiger partial charge in [0.05, 0.1) is 18.3 Å². The molecule has 1 aliphatic carbocycles. The Balaban J connectivity index is 1.77. The Kier molecular flexibility index (Phi) is 6.60. The Morgan fingerprint density at radius 2 is 1.93 bits per heavy atom. The van der Waals surface area contributed by atoms with Gasteiger partial charge < -0.3 is 19.1 Å². The van der Waals surface area contributed by atoms with Crippen LogP contribution in [0.3, 0.4) is 0 Å². The molecule has 0 N–H and O–H groups in total. The van der Waals surface area contributed by atoms with Gasteiger partial charge in [-0.15, -0.1) is 0 Å². The molecule has 1 aliphatic rings.